The fraction of sp³-hybridized carbons (Fsp3) is 0.333. The highest BCUT2D eigenvalue weighted by Gasteiger charge is 2.25. The van der Waals surface area contributed by atoms with Crippen molar-refractivity contribution in [2.45, 2.75) is 25.4 Å². The number of hydrogen-bond donors (Lipinski definition) is 0. The fourth-order valence-electron chi connectivity index (χ4n) is 3.67. The topological polar surface area (TPSA) is 71.3 Å². The van der Waals surface area contributed by atoms with Crippen LogP contribution < -0.4 is 0 Å². The number of amides is 2. The third-order valence-corrected chi connectivity index (χ3v) is 7.14. The maximum absolute atomic E-state index is 12.8. The van der Waals surface area contributed by atoms with E-state index >= 15 is 0 Å². The molecule has 0 N–H and O–H groups in total. The average molecular weight is 484 g/mol. The summed E-state index contributed by atoms with van der Waals surface area (Å²) in [4.78, 5) is 29.2. The second-order valence-corrected chi connectivity index (χ2v) is 9.28. The first-order valence-corrected chi connectivity index (χ1v) is 12.3. The summed E-state index contributed by atoms with van der Waals surface area (Å²) in [5.41, 5.74) is 3.75. The van der Waals surface area contributed by atoms with Gasteiger partial charge in [0.1, 0.15) is 6.33 Å². The van der Waals surface area contributed by atoms with Gasteiger partial charge in [-0.05, 0) is 48.7 Å². The molecule has 9 heteroatoms. The maximum Gasteiger partial charge on any atom is 0.253 e. The van der Waals surface area contributed by atoms with Gasteiger partial charge >= 0.3 is 0 Å². The Balaban J connectivity index is 1.31. The van der Waals surface area contributed by atoms with Crippen molar-refractivity contribution in [1.29, 1.82) is 0 Å². The van der Waals surface area contributed by atoms with E-state index in [1.54, 1.807) is 11.2 Å². The van der Waals surface area contributed by atoms with Crippen LogP contribution in [0.2, 0.25) is 5.02 Å². The number of thioether (sulfide) groups is 1. The Hall–Kier alpha value is -2.84. The van der Waals surface area contributed by atoms with Gasteiger partial charge in [-0.25, -0.2) is 0 Å². The summed E-state index contributed by atoms with van der Waals surface area (Å²) in [5, 5.41) is 9.44. The van der Waals surface area contributed by atoms with Crippen LogP contribution in [0.5, 0.6) is 0 Å². The number of halogens is 1. The number of benzene rings is 2. The number of carbonyl (C=O) groups is 2. The third-order valence-electron chi connectivity index (χ3n) is 5.80. The Kier molecular flexibility index (Phi) is 7.35. The van der Waals surface area contributed by atoms with Crippen LogP contribution in [0.25, 0.3) is 5.69 Å². The second-order valence-electron chi connectivity index (χ2n) is 7.93. The van der Waals surface area contributed by atoms with Gasteiger partial charge in [0.05, 0.1) is 11.4 Å². The standard InChI is InChI=1S/C24H26ClN5O2S/c1-3-18-5-7-19(8-6-18)23(32)29-12-10-28(11-13-29)22(31)15-33-24-27-26-16-30(24)20-9-4-17(2)21(25)14-20/h4-9,14,16H,3,10-13,15H2,1-2H3. The molecule has 0 saturated carbocycles. The monoisotopic (exact) mass is 483 g/mol. The lowest BCUT2D eigenvalue weighted by Crippen LogP contribution is -2.51. The summed E-state index contributed by atoms with van der Waals surface area (Å²) in [6.45, 7) is 6.15. The molecule has 1 saturated heterocycles. The minimum Gasteiger partial charge on any atom is -0.338 e. The van der Waals surface area contributed by atoms with Crippen molar-refractivity contribution in [2.75, 3.05) is 31.9 Å². The van der Waals surface area contributed by atoms with Gasteiger partial charge in [0.15, 0.2) is 5.16 Å². The number of aryl methyl sites for hydroxylation is 2. The van der Waals surface area contributed by atoms with E-state index in [-0.39, 0.29) is 17.6 Å². The van der Waals surface area contributed by atoms with Crippen LogP contribution in [0.1, 0.15) is 28.4 Å². The first-order valence-electron chi connectivity index (χ1n) is 10.9. The van der Waals surface area contributed by atoms with Crippen molar-refractivity contribution in [3.8, 4) is 5.69 Å². The van der Waals surface area contributed by atoms with Gasteiger partial charge in [-0.1, -0.05) is 48.5 Å². The van der Waals surface area contributed by atoms with E-state index in [2.05, 4.69) is 17.1 Å². The fourth-order valence-corrected chi connectivity index (χ4v) is 4.68. The van der Waals surface area contributed by atoms with Gasteiger partial charge in [-0.3, -0.25) is 14.2 Å². The summed E-state index contributed by atoms with van der Waals surface area (Å²) >= 11 is 7.59. The number of nitrogens with zero attached hydrogens (tertiary/aromatic N) is 5. The van der Waals surface area contributed by atoms with Gasteiger partial charge in [0.2, 0.25) is 5.91 Å². The maximum atomic E-state index is 12.8. The van der Waals surface area contributed by atoms with E-state index in [1.807, 2.05) is 58.9 Å². The molecular weight excluding hydrogens is 458 g/mol. The zero-order valence-electron chi connectivity index (χ0n) is 18.7. The molecule has 0 radical (unpaired) electrons. The molecule has 0 atom stereocenters. The molecular formula is C24H26ClN5O2S. The molecule has 1 aliphatic rings. The van der Waals surface area contributed by atoms with Gasteiger partial charge in [-0.15, -0.1) is 10.2 Å². The van der Waals surface area contributed by atoms with E-state index in [1.165, 1.54) is 17.3 Å². The number of piperazine rings is 1. The Labute approximate surface area is 202 Å². The highest BCUT2D eigenvalue weighted by molar-refractivity contribution is 7.99. The summed E-state index contributed by atoms with van der Waals surface area (Å²) in [6, 6.07) is 13.5. The normalized spacial score (nSPS) is 13.9. The van der Waals surface area contributed by atoms with Crippen LogP contribution in [-0.2, 0) is 11.2 Å². The number of aromatic nitrogens is 3. The van der Waals surface area contributed by atoms with E-state index in [0.29, 0.717) is 41.9 Å². The molecule has 172 valence electrons. The smallest absolute Gasteiger partial charge is 0.253 e. The molecule has 0 aliphatic carbocycles. The molecule has 1 aliphatic heterocycles. The molecule has 3 aromatic rings. The quantitative estimate of drug-likeness (QED) is 0.498. The van der Waals surface area contributed by atoms with Crippen LogP contribution in [0.4, 0.5) is 0 Å². The van der Waals surface area contributed by atoms with Crippen LogP contribution in [0.3, 0.4) is 0 Å². The molecule has 0 bridgehead atoms. The predicted octanol–water partition coefficient (Wildman–Crippen LogP) is 3.87. The van der Waals surface area contributed by atoms with E-state index < -0.39 is 0 Å². The summed E-state index contributed by atoms with van der Waals surface area (Å²) in [7, 11) is 0. The van der Waals surface area contributed by atoms with Crippen LogP contribution in [0.15, 0.2) is 53.9 Å². The molecule has 2 heterocycles. The number of hydrogen-bond acceptors (Lipinski definition) is 5. The summed E-state index contributed by atoms with van der Waals surface area (Å²) < 4.78 is 1.82. The van der Waals surface area contributed by atoms with Gasteiger partial charge in [0.25, 0.3) is 5.91 Å². The lowest BCUT2D eigenvalue weighted by Gasteiger charge is -2.34. The van der Waals surface area contributed by atoms with Crippen molar-refractivity contribution in [3.05, 3.63) is 70.5 Å². The minimum absolute atomic E-state index is 0.0176. The largest absolute Gasteiger partial charge is 0.338 e. The molecule has 1 aromatic heterocycles. The molecule has 0 spiro atoms. The molecule has 4 rings (SSSR count). The third kappa shape index (κ3) is 5.39. The Morgan fingerprint density at radius 1 is 1.03 bits per heavy atom. The highest BCUT2D eigenvalue weighted by atomic mass is 35.5. The predicted molar refractivity (Wildman–Crippen MR) is 130 cm³/mol. The van der Waals surface area contributed by atoms with Crippen molar-refractivity contribution >= 4 is 35.2 Å². The van der Waals surface area contributed by atoms with Crippen molar-refractivity contribution < 1.29 is 9.59 Å². The summed E-state index contributed by atoms with van der Waals surface area (Å²) in [5.74, 6) is 0.296. The van der Waals surface area contributed by atoms with E-state index in [9.17, 15) is 9.59 Å². The van der Waals surface area contributed by atoms with E-state index in [0.717, 1.165) is 17.7 Å². The van der Waals surface area contributed by atoms with Crippen LogP contribution >= 0.6 is 23.4 Å². The number of rotatable bonds is 6. The van der Waals surface area contributed by atoms with E-state index in [4.69, 9.17) is 11.6 Å². The Bertz CT molecular complexity index is 1140. The lowest BCUT2D eigenvalue weighted by atomic mass is 10.1. The zero-order valence-corrected chi connectivity index (χ0v) is 20.3. The van der Waals surface area contributed by atoms with Gasteiger partial charge < -0.3 is 9.80 Å². The van der Waals surface area contributed by atoms with Gasteiger partial charge in [0, 0.05) is 36.8 Å². The van der Waals surface area contributed by atoms with Crippen molar-refractivity contribution in [2.24, 2.45) is 0 Å². The Morgan fingerprint density at radius 3 is 2.39 bits per heavy atom. The van der Waals surface area contributed by atoms with Gasteiger partial charge in [-0.2, -0.15) is 0 Å². The average Bonchev–Trinajstić information content (AvgIpc) is 3.32. The van der Waals surface area contributed by atoms with Crippen LogP contribution in [0, 0.1) is 6.92 Å². The molecule has 0 unspecified atom stereocenters. The van der Waals surface area contributed by atoms with Crippen LogP contribution in [-0.4, -0.2) is 68.3 Å². The summed E-state index contributed by atoms with van der Waals surface area (Å²) in [6.07, 6.45) is 2.56. The molecule has 33 heavy (non-hydrogen) atoms. The van der Waals surface area contributed by atoms with Crippen molar-refractivity contribution in [1.82, 2.24) is 24.6 Å². The highest BCUT2D eigenvalue weighted by Crippen LogP contribution is 2.24. The lowest BCUT2D eigenvalue weighted by molar-refractivity contribution is -0.129. The molecule has 7 nitrogen and oxygen atoms in total. The molecule has 1 fully saturated rings. The SMILES string of the molecule is CCc1ccc(C(=O)N2CCN(C(=O)CSc3nncn3-c3ccc(C)c(Cl)c3)CC2)cc1. The van der Waals surface area contributed by atoms with Crippen molar-refractivity contribution in [3.63, 3.8) is 0 Å². The molecule has 2 amide bonds. The Morgan fingerprint density at radius 2 is 1.73 bits per heavy atom. The second kappa shape index (κ2) is 10.4. The number of carbonyl (C=O) groups excluding carboxylic acids is 2. The molecule has 2 aromatic carbocycles. The minimum atomic E-state index is 0.0176. The first-order chi connectivity index (χ1) is 16.0. The zero-order chi connectivity index (χ0) is 23.4. The first kappa shape index (κ1) is 23.3.